The number of benzene rings is 2. The predicted octanol–water partition coefficient (Wildman–Crippen LogP) is -0.104. The molecule has 0 aromatic heterocycles. The largest absolute Gasteiger partial charge is 0.469 e. The molecule has 10 heteroatoms. The van der Waals surface area contributed by atoms with Crippen LogP contribution in [0, 0.1) is 0 Å². The number of nitrogens with one attached hydrogen (secondary N) is 1. The zero-order valence-corrected chi connectivity index (χ0v) is 16.6. The summed E-state index contributed by atoms with van der Waals surface area (Å²) in [5.41, 5.74) is 7.35. The molecule has 0 fully saturated rings. The maximum atomic E-state index is 10.9. The van der Waals surface area contributed by atoms with Gasteiger partial charge in [0.05, 0.1) is 13.5 Å². The van der Waals surface area contributed by atoms with Crippen LogP contribution in [0.25, 0.3) is 0 Å². The van der Waals surface area contributed by atoms with E-state index in [0.29, 0.717) is 5.69 Å². The smallest absolute Gasteiger partial charge is 0.309 e. The number of methoxy groups -OCH3 is 1. The molecule has 2 rings (SSSR count). The minimum absolute atomic E-state index is 0.249. The molecule has 0 saturated heterocycles. The number of rotatable bonds is 4. The van der Waals surface area contributed by atoms with Crippen LogP contribution in [0.4, 0.5) is 11.4 Å². The normalized spacial score (nSPS) is 10.4. The average molecular weight is 440 g/mol. The van der Waals surface area contributed by atoms with E-state index in [-0.39, 0.29) is 24.0 Å². The van der Waals surface area contributed by atoms with E-state index in [4.69, 9.17) is 13.9 Å². The molecule has 6 N–H and O–H groups in total. The monoisotopic (exact) mass is 440 g/mol. The SMILES string of the molecule is CC(=O)Nc1ccc([As](=O)(O)O)c(O)c1.COC(=O)Cc1cccc(N)c1. The average Bonchev–Trinajstić information content (AvgIpc) is 2.53. The number of carbonyl (C=O) groups excluding carboxylic acids is 2. The zero-order chi connectivity index (χ0) is 20.6. The Labute approximate surface area is 158 Å². The Bertz CT molecular complexity index is 864. The van der Waals surface area contributed by atoms with Crippen molar-refractivity contribution in [3.63, 3.8) is 0 Å². The van der Waals surface area contributed by atoms with Gasteiger partial charge < -0.3 is 10.5 Å². The van der Waals surface area contributed by atoms with Crippen LogP contribution in [-0.2, 0) is 24.5 Å². The van der Waals surface area contributed by atoms with Crippen LogP contribution >= 0.6 is 0 Å². The van der Waals surface area contributed by atoms with E-state index >= 15 is 0 Å². The number of anilines is 2. The second kappa shape index (κ2) is 9.82. The van der Waals surface area contributed by atoms with Gasteiger partial charge in [0, 0.05) is 5.69 Å². The van der Waals surface area contributed by atoms with E-state index in [0.717, 1.165) is 17.7 Å². The number of carbonyl (C=O) groups is 2. The van der Waals surface area contributed by atoms with Crippen molar-refractivity contribution in [3.05, 3.63) is 48.0 Å². The summed E-state index contributed by atoms with van der Waals surface area (Å²) in [5.74, 6) is -1.10. The van der Waals surface area contributed by atoms with Gasteiger partial charge in [0.2, 0.25) is 0 Å². The third kappa shape index (κ3) is 8.00. The Morgan fingerprint density at radius 2 is 1.85 bits per heavy atom. The number of ether oxygens (including phenoxy) is 1. The maximum absolute atomic E-state index is 10.9. The Morgan fingerprint density at radius 3 is 2.33 bits per heavy atom. The van der Waals surface area contributed by atoms with Crippen LogP contribution in [0.2, 0.25) is 0 Å². The van der Waals surface area contributed by atoms with Gasteiger partial charge in [-0.05, 0) is 17.7 Å². The molecule has 0 aliphatic rings. The van der Waals surface area contributed by atoms with Crippen LogP contribution in [0.1, 0.15) is 12.5 Å². The standard InChI is InChI=1S/C9H11NO2.C8H10AsNO5/c1-12-9(11)6-7-3-2-4-8(10)5-7;1-5(11)10-6-2-3-7(8(12)4-6)9(13,14)15/h2-5H,6,10H2,1H3;2-4,12H,1H3,(H,10,11)(H2,13,14,15). The van der Waals surface area contributed by atoms with E-state index in [1.807, 2.05) is 12.1 Å². The number of hydrogen-bond donors (Lipinski definition) is 5. The Morgan fingerprint density at radius 1 is 1.19 bits per heavy atom. The molecular formula is C17H21AsN2O7. The van der Waals surface area contributed by atoms with Gasteiger partial charge in [-0.3, -0.25) is 4.79 Å². The topological polar surface area (TPSA) is 159 Å². The summed E-state index contributed by atoms with van der Waals surface area (Å²) in [4.78, 5) is 21.5. The molecular weight excluding hydrogens is 419 g/mol. The molecule has 27 heavy (non-hydrogen) atoms. The van der Waals surface area contributed by atoms with Gasteiger partial charge in [0.1, 0.15) is 0 Å². The second-order valence-electron chi connectivity index (χ2n) is 5.43. The number of hydrogen-bond acceptors (Lipinski definition) is 6. The molecule has 0 aliphatic heterocycles. The Balaban J connectivity index is 0.000000277. The van der Waals surface area contributed by atoms with Crippen molar-refractivity contribution < 1.29 is 31.4 Å². The van der Waals surface area contributed by atoms with Gasteiger partial charge in [0.15, 0.2) is 0 Å². The van der Waals surface area contributed by atoms with Crippen molar-refractivity contribution in [2.45, 2.75) is 13.3 Å². The summed E-state index contributed by atoms with van der Waals surface area (Å²) in [7, 11) is 1.37. The summed E-state index contributed by atoms with van der Waals surface area (Å²) in [6.45, 7) is 1.29. The van der Waals surface area contributed by atoms with Crippen LogP contribution in [-0.4, -0.2) is 46.5 Å². The molecule has 0 atom stereocenters. The van der Waals surface area contributed by atoms with Crippen molar-refractivity contribution in [2.24, 2.45) is 0 Å². The zero-order valence-electron chi connectivity index (χ0n) is 14.7. The van der Waals surface area contributed by atoms with Gasteiger partial charge in [0.25, 0.3) is 0 Å². The predicted molar refractivity (Wildman–Crippen MR) is 99.5 cm³/mol. The molecule has 1 amide bonds. The van der Waals surface area contributed by atoms with Crippen LogP contribution in [0.15, 0.2) is 42.5 Å². The molecule has 146 valence electrons. The van der Waals surface area contributed by atoms with Gasteiger partial charge >= 0.3 is 94.1 Å². The maximum Gasteiger partial charge on any atom is 0.309 e. The molecule has 0 radical (unpaired) electrons. The number of nitrogen functional groups attached to an aromatic ring is 1. The molecule has 0 heterocycles. The third-order valence-electron chi connectivity index (χ3n) is 3.14. The molecule has 0 saturated carbocycles. The third-order valence-corrected chi connectivity index (χ3v) is 5.25. The fourth-order valence-electron chi connectivity index (χ4n) is 1.99. The van der Waals surface area contributed by atoms with Gasteiger partial charge in [-0.25, -0.2) is 0 Å². The second-order valence-corrected chi connectivity index (χ2v) is 8.72. The molecule has 2 aromatic carbocycles. The number of aromatic hydroxyl groups is 1. The minimum atomic E-state index is -5.09. The summed E-state index contributed by atoms with van der Waals surface area (Å²) in [5, 5.41) is 11.7. The fraction of sp³-hybridized carbons (Fsp3) is 0.176. The number of phenols is 1. The first kappa shape index (κ1) is 22.3. The van der Waals surface area contributed by atoms with Crippen LogP contribution in [0.5, 0.6) is 5.75 Å². The number of esters is 1. The van der Waals surface area contributed by atoms with Gasteiger partial charge in [-0.15, -0.1) is 0 Å². The molecule has 0 bridgehead atoms. The Kier molecular flexibility index (Phi) is 8.11. The Hall–Kier alpha value is -2.74. The molecule has 9 nitrogen and oxygen atoms in total. The summed E-state index contributed by atoms with van der Waals surface area (Å²) < 4.78 is 32.7. The first-order valence-corrected chi connectivity index (χ1v) is 11.0. The van der Waals surface area contributed by atoms with Crippen LogP contribution in [0.3, 0.4) is 0 Å². The summed E-state index contributed by atoms with van der Waals surface area (Å²) in [6, 6.07) is 10.7. The summed E-state index contributed by atoms with van der Waals surface area (Å²) in [6.07, 6.45) is 0.279. The molecule has 0 aliphatic carbocycles. The van der Waals surface area contributed by atoms with Crippen molar-refractivity contribution >= 4 is 41.8 Å². The molecule has 2 aromatic rings. The van der Waals surface area contributed by atoms with E-state index < -0.39 is 24.3 Å². The van der Waals surface area contributed by atoms with Gasteiger partial charge in [-0.1, -0.05) is 12.1 Å². The van der Waals surface area contributed by atoms with Crippen molar-refractivity contribution in [1.82, 2.24) is 0 Å². The van der Waals surface area contributed by atoms with Crippen LogP contribution < -0.4 is 15.4 Å². The molecule has 0 spiro atoms. The van der Waals surface area contributed by atoms with Crippen molar-refractivity contribution in [3.8, 4) is 5.75 Å². The minimum Gasteiger partial charge on any atom is -0.469 e. The van der Waals surface area contributed by atoms with E-state index in [2.05, 4.69) is 10.1 Å². The quantitative estimate of drug-likeness (QED) is 0.250. The number of amides is 1. The molecule has 0 unspecified atom stereocenters. The first-order chi connectivity index (χ1) is 12.5. The van der Waals surface area contributed by atoms with E-state index in [1.54, 1.807) is 12.1 Å². The first-order valence-electron chi connectivity index (χ1n) is 7.61. The van der Waals surface area contributed by atoms with Crippen molar-refractivity contribution in [2.75, 3.05) is 18.2 Å². The van der Waals surface area contributed by atoms with Crippen molar-refractivity contribution in [1.29, 1.82) is 0 Å². The number of nitrogens with two attached hydrogens (primary N) is 1. The van der Waals surface area contributed by atoms with E-state index in [9.17, 15) is 18.4 Å². The fourth-order valence-corrected chi connectivity index (χ4v) is 3.32. The van der Waals surface area contributed by atoms with Gasteiger partial charge in [-0.2, -0.15) is 0 Å². The number of phenolic OH excluding ortho intramolecular Hbond substituents is 1. The summed E-state index contributed by atoms with van der Waals surface area (Å²) >= 11 is -5.09. The van der Waals surface area contributed by atoms with E-state index in [1.165, 1.54) is 20.1 Å².